The predicted molar refractivity (Wildman–Crippen MR) is 123 cm³/mol. The topological polar surface area (TPSA) is 59.8 Å². The van der Waals surface area contributed by atoms with E-state index in [1.807, 2.05) is 36.4 Å². The maximum Gasteiger partial charge on any atom is 0.220 e. The summed E-state index contributed by atoms with van der Waals surface area (Å²) in [7, 11) is 0. The van der Waals surface area contributed by atoms with Crippen molar-refractivity contribution in [1.82, 2.24) is 20.1 Å². The van der Waals surface area contributed by atoms with Gasteiger partial charge in [0.1, 0.15) is 5.82 Å². The van der Waals surface area contributed by atoms with Gasteiger partial charge in [-0.3, -0.25) is 9.36 Å². The molecule has 0 spiro atoms. The van der Waals surface area contributed by atoms with Crippen LogP contribution in [0.15, 0.2) is 65.8 Å². The fourth-order valence-electron chi connectivity index (χ4n) is 3.21. The Balaban J connectivity index is 1.60. The number of carbonyl (C=O) groups excluding carboxylic acids is 1. The minimum absolute atomic E-state index is 0.140. The molecule has 30 heavy (non-hydrogen) atoms. The number of unbranched alkanes of at least 4 members (excludes halogenated alkanes) is 2. The number of hydrogen-bond donors (Lipinski definition) is 1. The van der Waals surface area contributed by atoms with Crippen LogP contribution in [0.5, 0.6) is 0 Å². The summed E-state index contributed by atoms with van der Waals surface area (Å²) < 4.78 is 2.13. The van der Waals surface area contributed by atoms with E-state index in [1.54, 1.807) is 11.8 Å². The summed E-state index contributed by atoms with van der Waals surface area (Å²) in [5.74, 6) is 1.89. The van der Waals surface area contributed by atoms with Crippen molar-refractivity contribution < 1.29 is 4.79 Å². The highest BCUT2D eigenvalue weighted by Gasteiger charge is 2.15. The molecule has 0 saturated carbocycles. The quantitative estimate of drug-likeness (QED) is 0.328. The van der Waals surface area contributed by atoms with Crippen LogP contribution in [0.25, 0.3) is 5.69 Å². The normalized spacial score (nSPS) is 10.8. The van der Waals surface area contributed by atoms with E-state index < -0.39 is 0 Å². The molecule has 0 atom stereocenters. The number of carbonyl (C=O) groups is 1. The van der Waals surface area contributed by atoms with Crippen molar-refractivity contribution >= 4 is 17.7 Å². The van der Waals surface area contributed by atoms with E-state index in [9.17, 15) is 4.79 Å². The number of para-hydroxylation sites is 1. The van der Waals surface area contributed by atoms with Crippen molar-refractivity contribution in [3.63, 3.8) is 0 Å². The Morgan fingerprint density at radius 3 is 2.43 bits per heavy atom. The summed E-state index contributed by atoms with van der Waals surface area (Å²) in [4.78, 5) is 12.0. The van der Waals surface area contributed by atoms with Crippen molar-refractivity contribution in [3.05, 3.63) is 72.1 Å². The van der Waals surface area contributed by atoms with Gasteiger partial charge in [-0.05, 0) is 30.5 Å². The smallest absolute Gasteiger partial charge is 0.220 e. The lowest BCUT2D eigenvalue weighted by molar-refractivity contribution is -0.121. The maximum atomic E-state index is 12.0. The molecule has 0 fully saturated rings. The van der Waals surface area contributed by atoms with Crippen molar-refractivity contribution in [1.29, 1.82) is 0 Å². The summed E-state index contributed by atoms with van der Waals surface area (Å²) in [5.41, 5.74) is 2.27. The molecule has 0 aliphatic carbocycles. The van der Waals surface area contributed by atoms with Gasteiger partial charge in [-0.25, -0.2) is 0 Å². The van der Waals surface area contributed by atoms with Gasteiger partial charge in [-0.1, -0.05) is 80.1 Å². The Morgan fingerprint density at radius 1 is 0.967 bits per heavy atom. The van der Waals surface area contributed by atoms with Gasteiger partial charge in [0.05, 0.1) is 0 Å². The highest BCUT2D eigenvalue weighted by molar-refractivity contribution is 7.99. The minimum Gasteiger partial charge on any atom is -0.356 e. The van der Waals surface area contributed by atoms with E-state index in [1.165, 1.54) is 12.0 Å². The van der Waals surface area contributed by atoms with Crippen LogP contribution in [0.1, 0.15) is 50.4 Å². The second kappa shape index (κ2) is 12.2. The van der Waals surface area contributed by atoms with Gasteiger partial charge in [-0.2, -0.15) is 0 Å². The van der Waals surface area contributed by atoms with Gasteiger partial charge in [-0.15, -0.1) is 10.2 Å². The molecule has 0 aliphatic rings. The third-order valence-corrected chi connectivity index (χ3v) is 5.82. The Labute approximate surface area is 183 Å². The zero-order valence-corrected chi connectivity index (χ0v) is 18.4. The number of benzene rings is 2. The molecule has 158 valence electrons. The Hall–Kier alpha value is -2.60. The van der Waals surface area contributed by atoms with Crippen LogP contribution in [-0.4, -0.2) is 33.0 Å². The van der Waals surface area contributed by atoms with Crippen molar-refractivity contribution in [2.75, 3.05) is 12.3 Å². The predicted octanol–water partition coefficient (Wildman–Crippen LogP) is 5.04. The number of nitrogens with one attached hydrogen (secondary N) is 1. The molecule has 6 heteroatoms. The number of amides is 1. The van der Waals surface area contributed by atoms with E-state index in [-0.39, 0.29) is 5.91 Å². The first-order chi connectivity index (χ1) is 14.8. The zero-order chi connectivity index (χ0) is 21.0. The molecule has 0 saturated heterocycles. The van der Waals surface area contributed by atoms with Gasteiger partial charge in [0.15, 0.2) is 5.16 Å². The van der Waals surface area contributed by atoms with Crippen LogP contribution >= 0.6 is 11.8 Å². The lowest BCUT2D eigenvalue weighted by atomic mass is 10.1. The number of hydrogen-bond acceptors (Lipinski definition) is 4. The average molecular weight is 423 g/mol. The molecule has 0 bridgehead atoms. The van der Waals surface area contributed by atoms with Crippen LogP contribution < -0.4 is 5.32 Å². The first kappa shape index (κ1) is 22.1. The van der Waals surface area contributed by atoms with E-state index in [4.69, 9.17) is 0 Å². The molecule has 2 aromatic carbocycles. The summed E-state index contributed by atoms with van der Waals surface area (Å²) in [6.07, 6.45) is 5.48. The summed E-state index contributed by atoms with van der Waals surface area (Å²) in [6.45, 7) is 2.95. The average Bonchev–Trinajstić information content (AvgIpc) is 3.18. The molecule has 1 amide bonds. The summed E-state index contributed by atoms with van der Waals surface area (Å²) >= 11 is 1.66. The molecule has 0 aliphatic heterocycles. The fraction of sp³-hybridized carbons (Fsp3) is 0.375. The molecule has 0 radical (unpaired) electrons. The monoisotopic (exact) mass is 422 g/mol. The zero-order valence-electron chi connectivity index (χ0n) is 17.6. The first-order valence-electron chi connectivity index (χ1n) is 10.7. The molecular formula is C24H30N4OS. The lowest BCUT2D eigenvalue weighted by Gasteiger charge is -2.10. The standard InChI is InChI=1S/C24H30N4OS/c1-2-3-10-17-25-23(29)16-11-18-30-24-27-26-22(19-20-12-6-4-7-13-20)28(24)21-14-8-5-9-15-21/h4-9,12-15H,2-3,10-11,16-19H2,1H3,(H,25,29). The highest BCUT2D eigenvalue weighted by Crippen LogP contribution is 2.24. The Morgan fingerprint density at radius 2 is 1.70 bits per heavy atom. The van der Waals surface area contributed by atoms with Crippen molar-refractivity contribution in [3.8, 4) is 5.69 Å². The number of aromatic nitrogens is 3. The number of thioether (sulfide) groups is 1. The number of nitrogens with zero attached hydrogens (tertiary/aromatic N) is 3. The second-order valence-electron chi connectivity index (χ2n) is 7.24. The summed E-state index contributed by atoms with van der Waals surface area (Å²) in [6, 6.07) is 20.5. The van der Waals surface area contributed by atoms with Crippen LogP contribution in [0.3, 0.4) is 0 Å². The second-order valence-corrected chi connectivity index (χ2v) is 8.30. The van der Waals surface area contributed by atoms with Crippen LogP contribution in [0.2, 0.25) is 0 Å². The highest BCUT2D eigenvalue weighted by atomic mass is 32.2. The third kappa shape index (κ3) is 6.73. The fourth-order valence-corrected chi connectivity index (χ4v) is 4.12. The third-order valence-electron chi connectivity index (χ3n) is 4.80. The van der Waals surface area contributed by atoms with Crippen molar-refractivity contribution in [2.24, 2.45) is 0 Å². The van der Waals surface area contributed by atoms with Gasteiger partial charge in [0.2, 0.25) is 5.91 Å². The van der Waals surface area contributed by atoms with Crippen LogP contribution in [0.4, 0.5) is 0 Å². The molecule has 0 unspecified atom stereocenters. The molecule has 3 aromatic rings. The van der Waals surface area contributed by atoms with Crippen molar-refractivity contribution in [2.45, 2.75) is 50.6 Å². The number of rotatable bonds is 12. The lowest BCUT2D eigenvalue weighted by Crippen LogP contribution is -2.24. The van der Waals surface area contributed by atoms with E-state index >= 15 is 0 Å². The molecule has 1 N–H and O–H groups in total. The van der Waals surface area contributed by atoms with Gasteiger partial charge in [0, 0.05) is 30.8 Å². The Bertz CT molecular complexity index is 896. The minimum atomic E-state index is 0.140. The van der Waals surface area contributed by atoms with E-state index in [0.717, 1.165) is 54.6 Å². The SMILES string of the molecule is CCCCCNC(=O)CCCSc1nnc(Cc2ccccc2)n1-c1ccccc1. The van der Waals surface area contributed by atoms with E-state index in [2.05, 4.69) is 51.3 Å². The van der Waals surface area contributed by atoms with Crippen LogP contribution in [0, 0.1) is 0 Å². The maximum absolute atomic E-state index is 12.0. The Kier molecular flexibility index (Phi) is 8.97. The van der Waals surface area contributed by atoms with Gasteiger partial charge >= 0.3 is 0 Å². The van der Waals surface area contributed by atoms with Crippen LogP contribution in [-0.2, 0) is 11.2 Å². The molecular weight excluding hydrogens is 392 g/mol. The molecule has 5 nitrogen and oxygen atoms in total. The largest absolute Gasteiger partial charge is 0.356 e. The molecule has 3 rings (SSSR count). The van der Waals surface area contributed by atoms with Gasteiger partial charge in [0.25, 0.3) is 0 Å². The molecule has 1 aromatic heterocycles. The summed E-state index contributed by atoms with van der Waals surface area (Å²) in [5, 5.41) is 12.8. The molecule has 1 heterocycles. The van der Waals surface area contributed by atoms with E-state index in [0.29, 0.717) is 6.42 Å². The first-order valence-corrected chi connectivity index (χ1v) is 11.7. The van der Waals surface area contributed by atoms with Gasteiger partial charge < -0.3 is 5.32 Å².